The molecule has 1 fully saturated rings. The van der Waals surface area contributed by atoms with E-state index >= 15 is 0 Å². The summed E-state index contributed by atoms with van der Waals surface area (Å²) in [5.74, 6) is 1.21. The number of allylic oxidation sites excluding steroid dienone is 7. The highest BCUT2D eigenvalue weighted by molar-refractivity contribution is 6.09. The van der Waals surface area contributed by atoms with Crippen molar-refractivity contribution in [1.29, 1.82) is 0 Å². The Morgan fingerprint density at radius 2 is 1.30 bits per heavy atom. The summed E-state index contributed by atoms with van der Waals surface area (Å²) in [6, 6.07) is 48.4. The van der Waals surface area contributed by atoms with Crippen molar-refractivity contribution in [2.75, 3.05) is 0 Å². The van der Waals surface area contributed by atoms with Crippen LogP contribution >= 0.6 is 0 Å². The monoisotopic (exact) mass is 822 g/mol. The fourth-order valence-electron chi connectivity index (χ4n) is 9.87. The number of aryl methyl sites for hydroxylation is 2. The van der Waals surface area contributed by atoms with Crippen LogP contribution in [0, 0.1) is 19.8 Å². The maximum atomic E-state index is 2.50. The fourth-order valence-corrected chi connectivity index (χ4v) is 9.87. The molecule has 2 heteroatoms. The van der Waals surface area contributed by atoms with Crippen LogP contribution in [0.4, 0.5) is 0 Å². The Morgan fingerprint density at radius 3 is 2.08 bits per heavy atom. The molecule has 0 aliphatic heterocycles. The SMILES string of the molecule is C/C=C\C=C/c1cc2ccc(Cc3ccc4c5ccccc5n(-c5ccc(C)c(-c6ccccc6C)c5)c4c3)cc2n1-c1ccc(C2CCC2)c(C2=C(C)C(C)CC=C2)c1.CCC. The van der Waals surface area contributed by atoms with Gasteiger partial charge in [-0.05, 0) is 170 Å². The van der Waals surface area contributed by atoms with Gasteiger partial charge in [-0.1, -0.05) is 148 Å². The first kappa shape index (κ1) is 41.9. The molecule has 63 heavy (non-hydrogen) atoms. The molecule has 1 unspecified atom stereocenters. The molecule has 1 atom stereocenters. The number of hydrogen-bond acceptors (Lipinski definition) is 0. The van der Waals surface area contributed by atoms with Crippen molar-refractivity contribution in [3.63, 3.8) is 0 Å². The number of aromatic nitrogens is 2. The first-order valence-electron chi connectivity index (χ1n) is 23.4. The van der Waals surface area contributed by atoms with E-state index < -0.39 is 0 Å². The molecule has 0 N–H and O–H groups in total. The maximum Gasteiger partial charge on any atom is 0.0543 e. The topological polar surface area (TPSA) is 9.86 Å². The van der Waals surface area contributed by atoms with Crippen LogP contribution in [-0.4, -0.2) is 9.13 Å². The minimum absolute atomic E-state index is 0.561. The Morgan fingerprint density at radius 1 is 0.619 bits per heavy atom. The van der Waals surface area contributed by atoms with Gasteiger partial charge in [-0.3, -0.25) is 0 Å². The zero-order valence-electron chi connectivity index (χ0n) is 38.4. The molecule has 0 radical (unpaired) electrons. The van der Waals surface area contributed by atoms with Crippen LogP contribution in [-0.2, 0) is 6.42 Å². The lowest BCUT2D eigenvalue weighted by molar-refractivity contribution is 0.419. The third kappa shape index (κ3) is 8.09. The largest absolute Gasteiger partial charge is 0.310 e. The van der Waals surface area contributed by atoms with Crippen molar-refractivity contribution in [2.45, 2.75) is 92.9 Å². The number of benzene rings is 6. The Balaban J connectivity index is 0.00000164. The van der Waals surface area contributed by atoms with Gasteiger partial charge in [0.1, 0.15) is 0 Å². The van der Waals surface area contributed by atoms with E-state index in [0.29, 0.717) is 11.8 Å². The van der Waals surface area contributed by atoms with Crippen LogP contribution in [0.3, 0.4) is 0 Å². The predicted octanol–water partition coefficient (Wildman–Crippen LogP) is 17.2. The van der Waals surface area contributed by atoms with Crippen molar-refractivity contribution in [3.8, 4) is 22.5 Å². The normalized spacial score (nSPS) is 15.6. The second-order valence-corrected chi connectivity index (χ2v) is 18.1. The predicted molar refractivity (Wildman–Crippen MR) is 274 cm³/mol. The molecule has 0 amide bonds. The Hall–Kier alpha value is -6.38. The summed E-state index contributed by atoms with van der Waals surface area (Å²) in [6.07, 6.45) is 20.5. The second kappa shape index (κ2) is 18.1. The molecule has 316 valence electrons. The van der Waals surface area contributed by atoms with E-state index in [-0.39, 0.29) is 0 Å². The fraction of sp³-hybridized carbons (Fsp3) is 0.246. The summed E-state index contributed by atoms with van der Waals surface area (Å²) in [6.45, 7) is 15.5. The maximum absolute atomic E-state index is 2.50. The first-order valence-corrected chi connectivity index (χ1v) is 23.4. The van der Waals surface area contributed by atoms with E-state index in [1.807, 2.05) is 0 Å². The van der Waals surface area contributed by atoms with E-state index in [0.717, 1.165) is 12.8 Å². The average molecular weight is 823 g/mol. The van der Waals surface area contributed by atoms with Crippen LogP contribution in [0.15, 0.2) is 163 Å². The summed E-state index contributed by atoms with van der Waals surface area (Å²) < 4.78 is 4.96. The number of hydrogen-bond donors (Lipinski definition) is 0. The lowest BCUT2D eigenvalue weighted by atomic mass is 9.75. The summed E-state index contributed by atoms with van der Waals surface area (Å²) in [5, 5.41) is 3.81. The number of fused-ring (bicyclic) bond motifs is 4. The smallest absolute Gasteiger partial charge is 0.0543 e. The van der Waals surface area contributed by atoms with Crippen molar-refractivity contribution in [1.82, 2.24) is 9.13 Å². The van der Waals surface area contributed by atoms with Gasteiger partial charge in [-0.25, -0.2) is 0 Å². The highest BCUT2D eigenvalue weighted by Crippen LogP contribution is 2.44. The molecular weight excluding hydrogens is 761 g/mol. The van der Waals surface area contributed by atoms with Crippen LogP contribution < -0.4 is 0 Å². The zero-order valence-corrected chi connectivity index (χ0v) is 38.4. The molecule has 2 aliphatic carbocycles. The van der Waals surface area contributed by atoms with Crippen LogP contribution in [0.5, 0.6) is 0 Å². The molecule has 6 aromatic carbocycles. The average Bonchev–Trinajstić information content (AvgIpc) is 3.80. The number of para-hydroxylation sites is 1. The number of nitrogens with zero attached hydrogens (tertiary/aromatic N) is 2. The van der Waals surface area contributed by atoms with Gasteiger partial charge in [-0.15, -0.1) is 0 Å². The molecule has 0 spiro atoms. The molecular formula is C61H62N2. The Kier molecular flexibility index (Phi) is 12.1. The minimum atomic E-state index is 0.561. The van der Waals surface area contributed by atoms with Crippen molar-refractivity contribution >= 4 is 44.4 Å². The molecule has 8 aromatic rings. The van der Waals surface area contributed by atoms with Crippen LogP contribution in [0.2, 0.25) is 0 Å². The molecule has 0 bridgehead atoms. The van der Waals surface area contributed by atoms with Gasteiger partial charge in [0.2, 0.25) is 0 Å². The van der Waals surface area contributed by atoms with Gasteiger partial charge < -0.3 is 9.13 Å². The summed E-state index contributed by atoms with van der Waals surface area (Å²) in [5.41, 5.74) is 20.9. The summed E-state index contributed by atoms with van der Waals surface area (Å²) in [7, 11) is 0. The van der Waals surface area contributed by atoms with Gasteiger partial charge in [0.25, 0.3) is 0 Å². The molecule has 2 aromatic heterocycles. The van der Waals surface area contributed by atoms with Crippen molar-refractivity contribution in [2.24, 2.45) is 5.92 Å². The Labute approximate surface area is 375 Å². The van der Waals surface area contributed by atoms with Gasteiger partial charge >= 0.3 is 0 Å². The van der Waals surface area contributed by atoms with Gasteiger partial charge in [0.15, 0.2) is 0 Å². The lowest BCUT2D eigenvalue weighted by Gasteiger charge is -2.30. The molecule has 1 saturated carbocycles. The molecule has 2 aliphatic rings. The molecule has 2 heterocycles. The second-order valence-electron chi connectivity index (χ2n) is 18.1. The van der Waals surface area contributed by atoms with Crippen LogP contribution in [0.1, 0.15) is 112 Å². The minimum Gasteiger partial charge on any atom is -0.310 e. The van der Waals surface area contributed by atoms with E-state index in [4.69, 9.17) is 0 Å². The van der Waals surface area contributed by atoms with E-state index in [1.165, 1.54) is 131 Å². The third-order valence-corrected chi connectivity index (χ3v) is 13.6. The third-order valence-electron chi connectivity index (χ3n) is 13.6. The van der Waals surface area contributed by atoms with E-state index in [2.05, 4.69) is 221 Å². The zero-order chi connectivity index (χ0) is 43.6. The first-order chi connectivity index (χ1) is 30.8. The van der Waals surface area contributed by atoms with Crippen molar-refractivity contribution in [3.05, 3.63) is 202 Å². The molecule has 2 nitrogen and oxygen atoms in total. The quantitative estimate of drug-likeness (QED) is 0.128. The number of rotatable bonds is 9. The van der Waals surface area contributed by atoms with Gasteiger partial charge in [-0.2, -0.15) is 0 Å². The lowest BCUT2D eigenvalue weighted by Crippen LogP contribution is -2.13. The highest BCUT2D eigenvalue weighted by Gasteiger charge is 2.26. The van der Waals surface area contributed by atoms with E-state index in [9.17, 15) is 0 Å². The molecule has 0 saturated heterocycles. The van der Waals surface area contributed by atoms with Crippen LogP contribution in [0.25, 0.3) is 66.9 Å². The van der Waals surface area contributed by atoms with Gasteiger partial charge in [0.05, 0.1) is 16.6 Å². The molecule has 10 rings (SSSR count). The van der Waals surface area contributed by atoms with Gasteiger partial charge in [0, 0.05) is 33.2 Å². The van der Waals surface area contributed by atoms with E-state index in [1.54, 1.807) is 0 Å². The summed E-state index contributed by atoms with van der Waals surface area (Å²) >= 11 is 0. The van der Waals surface area contributed by atoms with Crippen molar-refractivity contribution < 1.29 is 0 Å². The summed E-state index contributed by atoms with van der Waals surface area (Å²) in [4.78, 5) is 0. The standard InChI is InChI=1S/C58H54N2.C3H8/c1-6-7-8-19-46-35-45-27-25-42(33-57(45)59(46)47-29-31-51(44-17-14-18-44)55(37-47)50-22-13-16-38(2)41(50)5)32-43-26-30-53-52-21-11-12-23-56(52)60(58(53)34-43)48-28-24-40(4)54(36-48)49-20-10-9-15-39(49)3;1-3-2/h6-13,15,19-31,33-38,44H,14,16-18,32H2,1-5H3;3H2,1-2H3/b7-6-,19-8-;. The Bertz CT molecular complexity index is 3090. The highest BCUT2D eigenvalue weighted by atomic mass is 15.0.